The van der Waals surface area contributed by atoms with Gasteiger partial charge in [0.05, 0.1) is 24.9 Å². The summed E-state index contributed by atoms with van der Waals surface area (Å²) in [7, 11) is 1.55. The maximum Gasteiger partial charge on any atom is 0.227 e. The lowest BCUT2D eigenvalue weighted by atomic mass is 9.95. The second-order valence-electron chi connectivity index (χ2n) is 8.45. The average Bonchev–Trinajstić information content (AvgIpc) is 2.88. The molecule has 0 spiro atoms. The number of fused-ring (bicyclic) bond motifs is 2. The number of nitrogens with one attached hydrogen (secondary N) is 1. The largest absolute Gasteiger partial charge is 0.485 e. The minimum Gasteiger partial charge on any atom is -0.485 e. The minimum atomic E-state index is -0.611. The number of anilines is 1. The van der Waals surface area contributed by atoms with Gasteiger partial charge < -0.3 is 19.5 Å². The van der Waals surface area contributed by atoms with E-state index >= 15 is 0 Å². The Morgan fingerprint density at radius 2 is 1.91 bits per heavy atom. The van der Waals surface area contributed by atoms with Gasteiger partial charge in [-0.2, -0.15) is 0 Å². The molecule has 34 heavy (non-hydrogen) atoms. The zero-order valence-electron chi connectivity index (χ0n) is 18.9. The van der Waals surface area contributed by atoms with Crippen LogP contribution in [0.3, 0.4) is 0 Å². The smallest absolute Gasteiger partial charge is 0.227 e. The number of nitrogens with zero attached hydrogens (tertiary/aromatic N) is 3. The van der Waals surface area contributed by atoms with Crippen LogP contribution in [0.4, 0.5) is 5.69 Å². The Morgan fingerprint density at radius 1 is 1.12 bits per heavy atom. The van der Waals surface area contributed by atoms with Gasteiger partial charge in [0.2, 0.25) is 11.8 Å². The fourth-order valence-corrected chi connectivity index (χ4v) is 4.31. The lowest BCUT2D eigenvalue weighted by Gasteiger charge is -2.32. The van der Waals surface area contributed by atoms with Crippen LogP contribution in [0.1, 0.15) is 12.8 Å². The Morgan fingerprint density at radius 3 is 2.71 bits per heavy atom. The summed E-state index contributed by atoms with van der Waals surface area (Å²) < 4.78 is 16.7. The van der Waals surface area contributed by atoms with Gasteiger partial charge in [-0.05, 0) is 50.2 Å². The van der Waals surface area contributed by atoms with Gasteiger partial charge in [-0.3, -0.25) is 19.5 Å². The summed E-state index contributed by atoms with van der Waals surface area (Å²) in [6, 6.07) is 12.6. The minimum absolute atomic E-state index is 0.0133. The van der Waals surface area contributed by atoms with Gasteiger partial charge in [0.15, 0.2) is 23.4 Å². The van der Waals surface area contributed by atoms with Crippen molar-refractivity contribution in [2.24, 2.45) is 5.92 Å². The summed E-state index contributed by atoms with van der Waals surface area (Å²) in [6.45, 7) is 1.82. The Balaban J connectivity index is 1.15. The number of methoxy groups -OCH3 is 1. The number of amides is 1. The van der Waals surface area contributed by atoms with Crippen molar-refractivity contribution in [1.82, 2.24) is 14.9 Å². The van der Waals surface area contributed by atoms with Crippen LogP contribution in [0.2, 0.25) is 0 Å². The monoisotopic (exact) mass is 462 g/mol. The molecule has 2 aromatic heterocycles. The quantitative estimate of drug-likeness (QED) is 0.597. The Kier molecular flexibility index (Phi) is 6.27. The van der Waals surface area contributed by atoms with Crippen LogP contribution in [-0.4, -0.2) is 66.0 Å². The third kappa shape index (κ3) is 4.65. The molecule has 9 nitrogen and oxygen atoms in total. The van der Waals surface area contributed by atoms with E-state index in [1.165, 1.54) is 0 Å². The predicted molar refractivity (Wildman–Crippen MR) is 125 cm³/mol. The highest BCUT2D eigenvalue weighted by Crippen LogP contribution is 2.31. The standard InChI is InChI=1S/C25H26N4O5/c1-32-23-7-6-17-24(28-23)18(8-11-26-17)27-25(31)16-9-12-29(13-10-16)14-19(30)22-15-33-20-4-2-3-5-21(20)34-22/h2-8,11,16,22H,9-10,12-15H2,1H3,(H,26,27,31). The summed E-state index contributed by atoms with van der Waals surface area (Å²) >= 11 is 0. The van der Waals surface area contributed by atoms with Crippen molar-refractivity contribution in [3.8, 4) is 17.4 Å². The zero-order valence-corrected chi connectivity index (χ0v) is 18.9. The van der Waals surface area contributed by atoms with E-state index in [4.69, 9.17) is 14.2 Å². The molecule has 1 N–H and O–H groups in total. The van der Waals surface area contributed by atoms with Crippen molar-refractivity contribution in [3.05, 3.63) is 48.7 Å². The van der Waals surface area contributed by atoms with Gasteiger partial charge >= 0.3 is 0 Å². The number of likely N-dealkylation sites (tertiary alicyclic amines) is 1. The van der Waals surface area contributed by atoms with E-state index in [0.29, 0.717) is 60.0 Å². The van der Waals surface area contributed by atoms with Gasteiger partial charge in [-0.15, -0.1) is 0 Å². The molecular formula is C25H26N4O5. The van der Waals surface area contributed by atoms with Crippen LogP contribution in [0.25, 0.3) is 11.0 Å². The SMILES string of the molecule is COc1ccc2nccc(NC(=O)C3CCN(CC(=O)C4COc5ccccc5O4)CC3)c2n1. The van der Waals surface area contributed by atoms with E-state index in [1.54, 1.807) is 31.5 Å². The number of pyridine rings is 2. The van der Waals surface area contributed by atoms with E-state index in [2.05, 4.69) is 20.2 Å². The molecule has 1 atom stereocenters. The number of carbonyl (C=O) groups is 2. The Labute approximate surface area is 197 Å². The highest BCUT2D eigenvalue weighted by Gasteiger charge is 2.31. The number of hydrogen-bond acceptors (Lipinski definition) is 8. The number of Topliss-reactive ketones (excluding diaryl/α,β-unsaturated/α-hetero) is 1. The molecule has 176 valence electrons. The fraction of sp³-hybridized carbons (Fsp3) is 0.360. The second kappa shape index (κ2) is 9.64. The fourth-order valence-electron chi connectivity index (χ4n) is 4.31. The van der Waals surface area contributed by atoms with E-state index in [1.807, 2.05) is 24.3 Å². The zero-order chi connectivity index (χ0) is 23.5. The van der Waals surface area contributed by atoms with Gasteiger partial charge in [0.1, 0.15) is 12.1 Å². The van der Waals surface area contributed by atoms with Gasteiger partial charge in [0, 0.05) is 18.2 Å². The molecule has 1 fully saturated rings. The number of benzene rings is 1. The molecule has 2 aliphatic heterocycles. The molecule has 4 heterocycles. The lowest BCUT2D eigenvalue weighted by molar-refractivity contribution is -0.129. The predicted octanol–water partition coefficient (Wildman–Crippen LogP) is 2.70. The summed E-state index contributed by atoms with van der Waals surface area (Å²) in [6.07, 6.45) is 2.38. The number of piperidine rings is 1. The van der Waals surface area contributed by atoms with Gasteiger partial charge in [-0.1, -0.05) is 12.1 Å². The highest BCUT2D eigenvalue weighted by molar-refractivity contribution is 6.00. The topological polar surface area (TPSA) is 103 Å². The second-order valence-corrected chi connectivity index (χ2v) is 8.45. The molecule has 5 rings (SSSR count). The third-order valence-electron chi connectivity index (χ3n) is 6.23. The van der Waals surface area contributed by atoms with E-state index in [9.17, 15) is 9.59 Å². The maximum absolute atomic E-state index is 12.9. The van der Waals surface area contributed by atoms with Crippen molar-refractivity contribution in [2.75, 3.05) is 38.7 Å². The van der Waals surface area contributed by atoms with Crippen LogP contribution < -0.4 is 19.5 Å². The molecule has 9 heteroatoms. The number of ketones is 1. The molecule has 1 amide bonds. The van der Waals surface area contributed by atoms with Crippen LogP contribution in [0, 0.1) is 5.92 Å². The summed E-state index contributed by atoms with van der Waals surface area (Å²) in [5, 5.41) is 3.00. The third-order valence-corrected chi connectivity index (χ3v) is 6.23. The molecule has 1 unspecified atom stereocenters. The first kappa shape index (κ1) is 22.1. The molecule has 1 aromatic carbocycles. The number of hydrogen-bond donors (Lipinski definition) is 1. The summed E-state index contributed by atoms with van der Waals surface area (Å²) in [5.74, 6) is 1.52. The van der Waals surface area contributed by atoms with Crippen molar-refractivity contribution >= 4 is 28.4 Å². The molecule has 0 saturated carbocycles. The van der Waals surface area contributed by atoms with E-state index in [0.717, 1.165) is 0 Å². The Bertz CT molecular complexity index is 1210. The molecule has 0 radical (unpaired) electrons. The van der Waals surface area contributed by atoms with Gasteiger partial charge in [-0.25, -0.2) is 4.98 Å². The first-order valence-corrected chi connectivity index (χ1v) is 11.3. The summed E-state index contributed by atoms with van der Waals surface area (Å²) in [5.41, 5.74) is 1.89. The molecule has 2 aliphatic rings. The lowest BCUT2D eigenvalue weighted by Crippen LogP contribution is -2.46. The van der Waals surface area contributed by atoms with Crippen LogP contribution in [0.5, 0.6) is 17.4 Å². The highest BCUT2D eigenvalue weighted by atomic mass is 16.6. The Hall–Kier alpha value is -3.72. The number of para-hydroxylation sites is 2. The maximum atomic E-state index is 12.9. The van der Waals surface area contributed by atoms with Crippen LogP contribution >= 0.6 is 0 Å². The van der Waals surface area contributed by atoms with Crippen LogP contribution in [-0.2, 0) is 9.59 Å². The summed E-state index contributed by atoms with van der Waals surface area (Å²) in [4.78, 5) is 36.5. The number of carbonyl (C=O) groups excluding carboxylic acids is 2. The van der Waals surface area contributed by atoms with E-state index < -0.39 is 6.10 Å². The normalized spacial score (nSPS) is 18.4. The first-order chi connectivity index (χ1) is 16.6. The number of rotatable bonds is 6. The van der Waals surface area contributed by atoms with Crippen molar-refractivity contribution in [2.45, 2.75) is 18.9 Å². The first-order valence-electron chi connectivity index (χ1n) is 11.3. The van der Waals surface area contributed by atoms with Crippen molar-refractivity contribution < 1.29 is 23.8 Å². The van der Waals surface area contributed by atoms with Crippen molar-refractivity contribution in [3.63, 3.8) is 0 Å². The molecular weight excluding hydrogens is 436 g/mol. The van der Waals surface area contributed by atoms with Gasteiger partial charge in [0.25, 0.3) is 0 Å². The van der Waals surface area contributed by atoms with E-state index in [-0.39, 0.29) is 30.8 Å². The van der Waals surface area contributed by atoms with Crippen molar-refractivity contribution in [1.29, 1.82) is 0 Å². The molecule has 0 bridgehead atoms. The molecule has 1 saturated heterocycles. The van der Waals surface area contributed by atoms with Crippen LogP contribution in [0.15, 0.2) is 48.7 Å². The molecule has 0 aliphatic carbocycles. The number of ether oxygens (including phenoxy) is 3. The molecule has 3 aromatic rings. The average molecular weight is 463 g/mol. The number of aromatic nitrogens is 2.